The van der Waals surface area contributed by atoms with Gasteiger partial charge in [-0.25, -0.2) is 0 Å². The Morgan fingerprint density at radius 1 is 0.458 bits per heavy atom. The smallest absolute Gasteiger partial charge is 1.00 e. The molecule has 3 nitrogen and oxygen atoms in total. The van der Waals surface area contributed by atoms with Gasteiger partial charge in [0.05, 0.1) is 10.7 Å². The van der Waals surface area contributed by atoms with Crippen LogP contribution in [-0.4, -0.2) is 0 Å². The van der Waals surface area contributed by atoms with Crippen molar-refractivity contribution in [2.45, 2.75) is 40.4 Å². The van der Waals surface area contributed by atoms with Gasteiger partial charge in [0.1, 0.15) is 0 Å². The fraction of sp³-hybridized carbons (Fsp3) is 0.222. The van der Waals surface area contributed by atoms with Gasteiger partial charge in [0.25, 0.3) is 0 Å². The largest absolute Gasteiger partial charge is 1.00 e. The van der Waals surface area contributed by atoms with Gasteiger partial charge in [0.15, 0.2) is 56.8 Å². The number of aromatic nitrogens is 3. The molecule has 0 bridgehead atoms. The Bertz CT molecular complexity index is 1540. The van der Waals surface area contributed by atoms with Crippen LogP contribution in [0.5, 0.6) is 0 Å². The third-order valence-corrected chi connectivity index (χ3v) is 8.12. The summed E-state index contributed by atoms with van der Waals surface area (Å²) in [5.74, 6) is 0. The van der Waals surface area contributed by atoms with Crippen molar-refractivity contribution in [3.8, 4) is 0 Å². The minimum Gasteiger partial charge on any atom is -1.00 e. The third-order valence-electron chi connectivity index (χ3n) is 6.20. The summed E-state index contributed by atoms with van der Waals surface area (Å²) >= 11 is 7.17. The number of pyridine rings is 3. The topological polar surface area (TPSA) is 11.6 Å². The summed E-state index contributed by atoms with van der Waals surface area (Å²) in [4.78, 5) is 0. The van der Waals surface area contributed by atoms with Crippen LogP contribution in [0.1, 0.15) is 33.4 Å². The Labute approximate surface area is 319 Å². The van der Waals surface area contributed by atoms with E-state index in [1.54, 1.807) is 0 Å². The summed E-state index contributed by atoms with van der Waals surface area (Å²) < 4.78 is 129. The van der Waals surface area contributed by atoms with E-state index in [0.717, 1.165) is 19.6 Å². The van der Waals surface area contributed by atoms with Crippen LogP contribution >= 0.6 is 83.4 Å². The molecular formula is C27H27BrF12I3N3P2. The average Bonchev–Trinajstić information content (AvgIpc) is 2.84. The zero-order chi connectivity index (χ0) is 36.4. The Morgan fingerprint density at radius 3 is 0.812 bits per heavy atom. The van der Waals surface area contributed by atoms with Crippen molar-refractivity contribution < 1.29 is 81.0 Å². The number of hydrogen-bond donors (Lipinski definition) is 0. The number of hydrogen-bond acceptors (Lipinski definition) is 0. The summed E-state index contributed by atoms with van der Waals surface area (Å²) in [6, 6.07) is 12.8. The van der Waals surface area contributed by atoms with E-state index in [2.05, 4.69) is 176 Å². The molecule has 3 aromatic heterocycles. The first-order valence-corrected chi connectivity index (χ1v) is 20.2. The fourth-order valence-electron chi connectivity index (χ4n) is 4.41. The van der Waals surface area contributed by atoms with Crippen LogP contribution in [-0.2, 0) is 19.6 Å². The molecule has 0 saturated carbocycles. The summed E-state index contributed by atoms with van der Waals surface area (Å²) in [5, 5.41) is 0. The van der Waals surface area contributed by atoms with Crippen molar-refractivity contribution in [2.24, 2.45) is 0 Å². The zero-order valence-corrected chi connectivity index (χ0v) is 34.7. The predicted molar refractivity (Wildman–Crippen MR) is 183 cm³/mol. The Hall–Kier alpha value is -0.640. The number of nitrogens with zero attached hydrogens (tertiary/aromatic N) is 3. The Balaban J connectivity index is 0.000000646. The number of halogens is 16. The van der Waals surface area contributed by atoms with E-state index in [1.165, 1.54) is 44.1 Å². The summed E-state index contributed by atoms with van der Waals surface area (Å²) in [6.07, 6.45) is 13.2. The summed E-state index contributed by atoms with van der Waals surface area (Å²) in [7, 11) is -21.3. The van der Waals surface area contributed by atoms with Crippen LogP contribution in [0, 0.1) is 31.5 Å². The van der Waals surface area contributed by atoms with E-state index >= 15 is 0 Å². The molecule has 0 N–H and O–H groups in total. The molecule has 272 valence electrons. The molecular weight excluding hydrogens is 1120 g/mol. The van der Waals surface area contributed by atoms with Crippen molar-refractivity contribution in [2.75, 3.05) is 0 Å². The average molecular weight is 1140 g/mol. The molecule has 48 heavy (non-hydrogen) atoms. The predicted octanol–water partition coefficient (Wildman–Crippen LogP) is 9.20. The number of rotatable bonds is 6. The van der Waals surface area contributed by atoms with Gasteiger partial charge in [-0.05, 0) is 123 Å². The first-order valence-electron chi connectivity index (χ1n) is 12.9. The first-order chi connectivity index (χ1) is 20.7. The van der Waals surface area contributed by atoms with Crippen LogP contribution in [0.15, 0.2) is 73.6 Å². The van der Waals surface area contributed by atoms with Crippen molar-refractivity contribution in [1.29, 1.82) is 0 Å². The molecule has 4 aromatic rings. The van der Waals surface area contributed by atoms with Crippen molar-refractivity contribution in [3.63, 3.8) is 0 Å². The van der Waals surface area contributed by atoms with Gasteiger partial charge >= 0.3 is 66.0 Å². The van der Waals surface area contributed by atoms with Crippen LogP contribution < -0.4 is 30.7 Å². The van der Waals surface area contributed by atoms with Gasteiger partial charge in [-0.1, -0.05) is 0 Å². The third kappa shape index (κ3) is 20.9. The van der Waals surface area contributed by atoms with Gasteiger partial charge in [0.2, 0.25) is 0 Å². The molecule has 4 rings (SSSR count). The van der Waals surface area contributed by atoms with Crippen LogP contribution in [0.3, 0.4) is 0 Å². The maximum absolute atomic E-state index is 10.7. The molecule has 0 amide bonds. The molecule has 0 aliphatic carbocycles. The van der Waals surface area contributed by atoms with Gasteiger partial charge in [0, 0.05) is 34.9 Å². The van der Waals surface area contributed by atoms with E-state index in [4.69, 9.17) is 0 Å². The molecule has 0 saturated heterocycles. The molecule has 21 heteroatoms. The van der Waals surface area contributed by atoms with E-state index in [0.29, 0.717) is 0 Å². The second-order valence-corrected chi connectivity index (χ2v) is 17.9. The second-order valence-electron chi connectivity index (χ2n) is 10.3. The molecule has 0 unspecified atom stereocenters. The standard InChI is InChI=1S/C27H27I3N3.BrH.2F6P/c1-19-25(16-31-10-4-7-22(28)13-31)20(2)27(18-33-12-6-9-24(30)15-33)21(3)26(19)17-32-11-5-8-23(29)14-32;;2*1-7(2,3,4,5)6/h4-15H,16-18H2,1-3H3;1H;;/q+3;;2*-1/p-1. The maximum atomic E-state index is 9.87. The van der Waals surface area contributed by atoms with Gasteiger partial charge in [-0.3, -0.25) is 0 Å². The molecule has 1 aromatic carbocycles. The Kier molecular flexibility index (Phi) is 14.0. The van der Waals surface area contributed by atoms with E-state index in [1.807, 2.05) is 0 Å². The summed E-state index contributed by atoms with van der Waals surface area (Å²) in [6.45, 7) is 9.54. The minimum atomic E-state index is -10.7. The van der Waals surface area contributed by atoms with Crippen LogP contribution in [0.2, 0.25) is 0 Å². The van der Waals surface area contributed by atoms with E-state index in [-0.39, 0.29) is 17.0 Å². The molecule has 0 spiro atoms. The molecule has 3 heterocycles. The first kappa shape index (κ1) is 45.4. The quantitative estimate of drug-likeness (QED) is 0.0791. The van der Waals surface area contributed by atoms with Crippen molar-refractivity contribution in [3.05, 3.63) is 118 Å². The normalized spacial score (nSPS) is 14.4. The summed E-state index contributed by atoms with van der Waals surface area (Å²) in [5.41, 5.74) is 8.48. The van der Waals surface area contributed by atoms with Crippen molar-refractivity contribution in [1.82, 2.24) is 0 Å². The maximum Gasteiger partial charge on any atom is -1.00 e. The van der Waals surface area contributed by atoms with Gasteiger partial charge in [-0.15, -0.1) is 0 Å². The molecule has 0 aliphatic rings. The van der Waals surface area contributed by atoms with Crippen molar-refractivity contribution >= 4 is 83.4 Å². The van der Waals surface area contributed by atoms with Crippen LogP contribution in [0.25, 0.3) is 0 Å². The zero-order valence-electron chi connectivity index (χ0n) is 24.8. The second kappa shape index (κ2) is 14.8. The van der Waals surface area contributed by atoms with Gasteiger partial charge in [-0.2, -0.15) is 13.7 Å². The fourth-order valence-corrected chi connectivity index (χ4v) is 6.11. The van der Waals surface area contributed by atoms with E-state index in [9.17, 15) is 50.4 Å². The molecule has 0 aliphatic heterocycles. The SMILES string of the molecule is Cc1c(C[n+]2cccc(I)c2)c(C)c(C[n+]2cccc(I)c2)c(C)c1C[n+]1cccc(I)c1.F[P-](F)(F)(F)(F)F.F[P-](F)(F)(F)(F)F.[Br-]. The molecule has 0 atom stereocenters. The minimum absolute atomic E-state index is 0. The van der Waals surface area contributed by atoms with Crippen LogP contribution in [0.4, 0.5) is 50.4 Å². The van der Waals surface area contributed by atoms with Gasteiger partial charge < -0.3 is 17.0 Å². The monoisotopic (exact) mass is 1140 g/mol. The molecule has 0 radical (unpaired) electrons. The number of benzene rings is 1. The van der Waals surface area contributed by atoms with E-state index < -0.39 is 15.6 Å². The molecule has 0 fully saturated rings. The Morgan fingerprint density at radius 2 is 0.646 bits per heavy atom.